The van der Waals surface area contributed by atoms with Gasteiger partial charge in [-0.05, 0) is 117 Å². The predicted molar refractivity (Wildman–Crippen MR) is 189 cm³/mol. The highest BCUT2D eigenvalue weighted by Gasteiger charge is 2.43. The smallest absolute Gasteiger partial charge is 0.252 e. The molecule has 0 unspecified atom stereocenters. The summed E-state index contributed by atoms with van der Waals surface area (Å²) in [6.07, 6.45) is 0. The summed E-state index contributed by atoms with van der Waals surface area (Å²) in [7, 11) is 0. The quantitative estimate of drug-likeness (QED) is 0.178. The summed E-state index contributed by atoms with van der Waals surface area (Å²) in [5, 5.41) is 5.85. The molecule has 0 saturated heterocycles. The van der Waals surface area contributed by atoms with Crippen LogP contribution in [-0.2, 0) is 0 Å². The molecule has 0 radical (unpaired) electrons. The lowest BCUT2D eigenvalue weighted by Gasteiger charge is -2.44. The van der Waals surface area contributed by atoms with Crippen molar-refractivity contribution in [3.63, 3.8) is 0 Å². The maximum Gasteiger partial charge on any atom is 0.252 e. The van der Waals surface area contributed by atoms with Crippen LogP contribution in [0.5, 0.6) is 0 Å². The van der Waals surface area contributed by atoms with Crippen LogP contribution in [0, 0.1) is 11.6 Å². The summed E-state index contributed by atoms with van der Waals surface area (Å²) in [5.74, 6) is -0.527. The van der Waals surface area contributed by atoms with Gasteiger partial charge >= 0.3 is 0 Å². The summed E-state index contributed by atoms with van der Waals surface area (Å²) in [6, 6.07) is 40.1. The minimum Gasteiger partial charge on any atom is -0.311 e. The molecular weight excluding hydrogens is 597 g/mol. The van der Waals surface area contributed by atoms with Crippen molar-refractivity contribution < 1.29 is 8.78 Å². The van der Waals surface area contributed by atoms with Crippen molar-refractivity contribution >= 4 is 110 Å². The van der Waals surface area contributed by atoms with E-state index in [9.17, 15) is 8.78 Å². The third-order valence-electron chi connectivity index (χ3n) is 9.23. The molecule has 8 aromatic rings. The Morgan fingerprint density at radius 2 is 1.13 bits per heavy atom. The van der Waals surface area contributed by atoms with E-state index in [4.69, 9.17) is 0 Å². The minimum atomic E-state index is -0.264. The van der Waals surface area contributed by atoms with Crippen LogP contribution < -0.4 is 26.2 Å². The van der Waals surface area contributed by atoms with Gasteiger partial charge in [-0.3, -0.25) is 0 Å². The van der Waals surface area contributed by atoms with Gasteiger partial charge in [0.1, 0.15) is 11.6 Å². The summed E-state index contributed by atoms with van der Waals surface area (Å²) in [6.45, 7) is -0.0399. The monoisotopic (exact) mass is 618 g/mol. The number of hydrogen-bond acceptors (Lipinski definition) is 4. The molecule has 0 amide bonds. The maximum absolute atomic E-state index is 14.2. The summed E-state index contributed by atoms with van der Waals surface area (Å²) in [4.78, 5) is 4.56. The van der Waals surface area contributed by atoms with Crippen LogP contribution in [0.1, 0.15) is 0 Å². The van der Waals surface area contributed by atoms with Gasteiger partial charge in [0.25, 0.3) is 6.71 Å². The Bertz CT molecular complexity index is 2480. The van der Waals surface area contributed by atoms with E-state index >= 15 is 0 Å². The molecule has 212 valence electrons. The number of anilines is 6. The number of rotatable bonds is 2. The number of benzene rings is 6. The van der Waals surface area contributed by atoms with E-state index in [2.05, 4.69) is 88.0 Å². The number of halogens is 2. The average molecular weight is 619 g/mol. The first-order chi connectivity index (χ1) is 22.1. The van der Waals surface area contributed by atoms with Gasteiger partial charge in [-0.15, -0.1) is 22.7 Å². The van der Waals surface area contributed by atoms with Gasteiger partial charge in [0.15, 0.2) is 0 Å². The largest absolute Gasteiger partial charge is 0.311 e. The van der Waals surface area contributed by atoms with Gasteiger partial charge < -0.3 is 9.80 Å². The highest BCUT2D eigenvalue weighted by molar-refractivity contribution is 7.26. The highest BCUT2D eigenvalue weighted by atomic mass is 32.1. The molecule has 0 spiro atoms. The lowest BCUT2D eigenvalue weighted by atomic mass is 9.33. The predicted octanol–water partition coefficient (Wildman–Crippen LogP) is 9.63. The lowest BCUT2D eigenvalue weighted by molar-refractivity contribution is 0.627. The molecule has 6 aromatic carbocycles. The molecule has 0 N–H and O–H groups in total. The molecule has 0 fully saturated rings. The fraction of sp³-hybridized carbons (Fsp3) is 0. The third kappa shape index (κ3) is 3.59. The summed E-state index contributed by atoms with van der Waals surface area (Å²) >= 11 is 3.54. The van der Waals surface area contributed by atoms with Crippen molar-refractivity contribution in [2.75, 3.05) is 9.80 Å². The molecule has 4 heterocycles. The number of nitrogens with zero attached hydrogens (tertiary/aromatic N) is 2. The van der Waals surface area contributed by atoms with Crippen molar-refractivity contribution in [2.45, 2.75) is 0 Å². The second-order valence-electron chi connectivity index (χ2n) is 11.6. The van der Waals surface area contributed by atoms with Crippen molar-refractivity contribution in [2.24, 2.45) is 0 Å². The van der Waals surface area contributed by atoms with Crippen LogP contribution in [0.3, 0.4) is 0 Å². The molecule has 0 bridgehead atoms. The van der Waals surface area contributed by atoms with E-state index in [1.165, 1.54) is 70.9 Å². The molecule has 2 aromatic heterocycles. The highest BCUT2D eigenvalue weighted by Crippen LogP contribution is 2.46. The molecule has 10 rings (SSSR count). The SMILES string of the molecule is Fc1ccc(N2c3cc4sccc4cc3B3c4cc5c(cc4N(c4ccc(F)cc4)c4cccc2c43)sc2ccccc25)cc1. The van der Waals surface area contributed by atoms with E-state index in [0.29, 0.717) is 0 Å². The Labute approximate surface area is 266 Å². The fourth-order valence-corrected chi connectivity index (χ4v) is 9.27. The van der Waals surface area contributed by atoms with E-state index < -0.39 is 0 Å². The van der Waals surface area contributed by atoms with Crippen LogP contribution >= 0.6 is 22.7 Å². The lowest BCUT2D eigenvalue weighted by Crippen LogP contribution is -2.61. The number of fused-ring (bicyclic) bond motifs is 8. The standard InChI is InChI=1S/C38H21BF2N2S2/c40-23-8-12-25(13-9-23)42-31-5-3-6-32-38(31)39(29-18-22-16-17-44-36(22)20-33(29)42)30-19-28-27-4-1-2-7-35(27)45-37(28)21-34(30)43(32)26-14-10-24(41)11-15-26/h1-21H. The molecule has 0 saturated carbocycles. The second-order valence-corrected chi connectivity index (χ2v) is 13.7. The first-order valence-corrected chi connectivity index (χ1v) is 16.5. The normalized spacial score (nSPS) is 13.4. The summed E-state index contributed by atoms with van der Waals surface area (Å²) in [5.41, 5.74) is 9.72. The van der Waals surface area contributed by atoms with E-state index in [-0.39, 0.29) is 18.3 Å². The van der Waals surface area contributed by atoms with Gasteiger partial charge in [-0.2, -0.15) is 0 Å². The topological polar surface area (TPSA) is 6.48 Å². The minimum absolute atomic E-state index is 0.0399. The van der Waals surface area contributed by atoms with Crippen LogP contribution in [0.15, 0.2) is 127 Å². The molecule has 2 aliphatic heterocycles. The van der Waals surface area contributed by atoms with Gasteiger partial charge in [0.2, 0.25) is 0 Å². The zero-order chi connectivity index (χ0) is 29.8. The molecule has 45 heavy (non-hydrogen) atoms. The van der Waals surface area contributed by atoms with Gasteiger partial charge in [-0.1, -0.05) is 36.4 Å². The zero-order valence-electron chi connectivity index (χ0n) is 23.7. The Balaban J connectivity index is 1.35. The van der Waals surface area contributed by atoms with E-state index in [1.54, 1.807) is 22.7 Å². The maximum atomic E-state index is 14.2. The van der Waals surface area contributed by atoms with E-state index in [0.717, 1.165) is 34.1 Å². The van der Waals surface area contributed by atoms with Gasteiger partial charge in [0, 0.05) is 53.6 Å². The average Bonchev–Trinajstić information content (AvgIpc) is 3.68. The molecule has 7 heteroatoms. The van der Waals surface area contributed by atoms with Crippen molar-refractivity contribution in [3.8, 4) is 0 Å². The first-order valence-electron chi connectivity index (χ1n) is 14.8. The van der Waals surface area contributed by atoms with E-state index in [1.807, 2.05) is 24.3 Å². The molecule has 0 atom stereocenters. The molecule has 0 aliphatic carbocycles. The second kappa shape index (κ2) is 9.27. The van der Waals surface area contributed by atoms with Gasteiger partial charge in [0.05, 0.1) is 0 Å². The van der Waals surface area contributed by atoms with Crippen molar-refractivity contribution in [1.29, 1.82) is 0 Å². The molecule has 2 aliphatic rings. The summed E-state index contributed by atoms with van der Waals surface area (Å²) < 4.78 is 32.1. The third-order valence-corrected chi connectivity index (χ3v) is 11.2. The zero-order valence-corrected chi connectivity index (χ0v) is 25.3. The van der Waals surface area contributed by atoms with Crippen molar-refractivity contribution in [3.05, 3.63) is 138 Å². The Hall–Kier alpha value is -4.98. The van der Waals surface area contributed by atoms with Crippen LogP contribution in [0.25, 0.3) is 30.3 Å². The Morgan fingerprint density at radius 1 is 0.511 bits per heavy atom. The molecule has 2 nitrogen and oxygen atoms in total. The van der Waals surface area contributed by atoms with Crippen LogP contribution in [-0.4, -0.2) is 6.71 Å². The fourth-order valence-electron chi connectivity index (χ4n) is 7.35. The van der Waals surface area contributed by atoms with Crippen LogP contribution in [0.2, 0.25) is 0 Å². The molecular formula is C38H21BF2N2S2. The number of hydrogen-bond donors (Lipinski definition) is 0. The Morgan fingerprint density at radius 3 is 1.82 bits per heavy atom. The Kier molecular flexibility index (Phi) is 5.22. The van der Waals surface area contributed by atoms with Crippen LogP contribution in [0.4, 0.5) is 42.9 Å². The van der Waals surface area contributed by atoms with Gasteiger partial charge in [-0.25, -0.2) is 8.78 Å². The number of thiophene rings is 2. The first kappa shape index (κ1) is 25.4. The van der Waals surface area contributed by atoms with Crippen molar-refractivity contribution in [1.82, 2.24) is 0 Å².